The van der Waals surface area contributed by atoms with E-state index in [1.54, 1.807) is 35.2 Å². The van der Waals surface area contributed by atoms with E-state index in [4.69, 9.17) is 0 Å². The summed E-state index contributed by atoms with van der Waals surface area (Å²) < 4.78 is 64.3. The summed E-state index contributed by atoms with van der Waals surface area (Å²) in [6.45, 7) is 1.92. The molecule has 1 amide bonds. The molecule has 174 valence electrons. The van der Waals surface area contributed by atoms with Gasteiger partial charge in [-0.25, -0.2) is 8.42 Å². The molecule has 1 atom stereocenters. The van der Waals surface area contributed by atoms with Gasteiger partial charge in [0, 0.05) is 43.7 Å². The van der Waals surface area contributed by atoms with Gasteiger partial charge in [0.25, 0.3) is 5.91 Å². The van der Waals surface area contributed by atoms with Gasteiger partial charge in [0.1, 0.15) is 0 Å². The standard InChI is InChI=1S/C24H23F3N2O3S/c25-24(26,27)22-16-18(6-8-21(22)19-4-2-1-3-5-19)7-9-23(30)29-13-11-28(12-14-29)20-10-15-33(31,32)17-20/h1-6,8,16,20H,10-15,17H2. The minimum Gasteiger partial charge on any atom is -0.329 e. The Hall–Kier alpha value is -2.83. The maximum Gasteiger partial charge on any atom is 0.417 e. The van der Waals surface area contributed by atoms with Crippen LogP contribution in [0.15, 0.2) is 48.5 Å². The lowest BCUT2D eigenvalue weighted by Gasteiger charge is -2.36. The third-order valence-electron chi connectivity index (χ3n) is 6.05. The van der Waals surface area contributed by atoms with Crippen molar-refractivity contribution in [3.63, 3.8) is 0 Å². The van der Waals surface area contributed by atoms with Crippen LogP contribution in [-0.4, -0.2) is 67.9 Å². The second-order valence-corrected chi connectivity index (χ2v) is 10.5. The van der Waals surface area contributed by atoms with E-state index in [1.165, 1.54) is 12.1 Å². The third-order valence-corrected chi connectivity index (χ3v) is 7.80. The zero-order chi connectivity index (χ0) is 23.6. The number of sulfone groups is 1. The first-order valence-corrected chi connectivity index (χ1v) is 12.5. The molecule has 0 radical (unpaired) electrons. The maximum absolute atomic E-state index is 13.7. The first kappa shape index (κ1) is 23.3. The molecule has 2 fully saturated rings. The summed E-state index contributed by atoms with van der Waals surface area (Å²) in [5.41, 5.74) is -0.170. The van der Waals surface area contributed by atoms with Crippen molar-refractivity contribution in [1.29, 1.82) is 0 Å². The van der Waals surface area contributed by atoms with Crippen LogP contribution in [0.1, 0.15) is 17.5 Å². The number of rotatable bonds is 2. The van der Waals surface area contributed by atoms with E-state index in [0.29, 0.717) is 38.2 Å². The molecule has 0 bridgehead atoms. The van der Waals surface area contributed by atoms with Crippen LogP contribution in [0.5, 0.6) is 0 Å². The topological polar surface area (TPSA) is 57.7 Å². The van der Waals surface area contributed by atoms with E-state index in [-0.39, 0.29) is 28.7 Å². The van der Waals surface area contributed by atoms with Gasteiger partial charge in [-0.1, -0.05) is 42.3 Å². The lowest BCUT2D eigenvalue weighted by Crippen LogP contribution is -2.52. The van der Waals surface area contributed by atoms with Crippen LogP contribution in [-0.2, 0) is 20.8 Å². The third kappa shape index (κ3) is 5.57. The zero-order valence-corrected chi connectivity index (χ0v) is 18.6. The molecule has 2 aromatic rings. The van der Waals surface area contributed by atoms with Gasteiger partial charge >= 0.3 is 6.18 Å². The first-order chi connectivity index (χ1) is 15.6. The van der Waals surface area contributed by atoms with E-state index < -0.39 is 27.5 Å². The molecule has 0 aliphatic carbocycles. The second kappa shape index (κ2) is 9.20. The Morgan fingerprint density at radius 1 is 1.00 bits per heavy atom. The Morgan fingerprint density at radius 2 is 1.70 bits per heavy atom. The van der Waals surface area contributed by atoms with Gasteiger partial charge in [0.05, 0.1) is 17.1 Å². The van der Waals surface area contributed by atoms with E-state index in [9.17, 15) is 26.4 Å². The molecule has 2 aromatic carbocycles. The van der Waals surface area contributed by atoms with E-state index >= 15 is 0 Å². The average molecular weight is 477 g/mol. The first-order valence-electron chi connectivity index (χ1n) is 10.6. The van der Waals surface area contributed by atoms with Crippen molar-refractivity contribution in [2.45, 2.75) is 18.6 Å². The van der Waals surface area contributed by atoms with Crippen LogP contribution in [0.3, 0.4) is 0 Å². The Balaban J connectivity index is 1.44. The second-order valence-electron chi connectivity index (χ2n) is 8.26. The van der Waals surface area contributed by atoms with Gasteiger partial charge in [0.2, 0.25) is 0 Å². The highest BCUT2D eigenvalue weighted by molar-refractivity contribution is 7.91. The Morgan fingerprint density at radius 3 is 2.30 bits per heavy atom. The molecule has 2 aliphatic rings. The van der Waals surface area contributed by atoms with Crippen molar-refractivity contribution in [3.05, 3.63) is 59.7 Å². The van der Waals surface area contributed by atoms with E-state index in [2.05, 4.69) is 16.7 Å². The number of benzene rings is 2. The molecule has 0 spiro atoms. The van der Waals surface area contributed by atoms with Crippen LogP contribution in [0.4, 0.5) is 13.2 Å². The van der Waals surface area contributed by atoms with Crippen molar-refractivity contribution < 1.29 is 26.4 Å². The summed E-state index contributed by atoms with van der Waals surface area (Å²) in [5.74, 6) is 4.94. The average Bonchev–Trinajstić information content (AvgIpc) is 3.17. The molecule has 2 saturated heterocycles. The minimum atomic E-state index is -4.56. The fraction of sp³-hybridized carbons (Fsp3) is 0.375. The summed E-state index contributed by atoms with van der Waals surface area (Å²) in [7, 11) is -2.97. The number of nitrogens with zero attached hydrogens (tertiary/aromatic N) is 2. The molecule has 4 rings (SSSR count). The summed E-state index contributed by atoms with van der Waals surface area (Å²) >= 11 is 0. The fourth-order valence-electron chi connectivity index (χ4n) is 4.28. The van der Waals surface area contributed by atoms with Crippen LogP contribution in [0.2, 0.25) is 0 Å². The van der Waals surface area contributed by atoms with Crippen molar-refractivity contribution in [2.75, 3.05) is 37.7 Å². The Kier molecular flexibility index (Phi) is 6.50. The molecule has 0 N–H and O–H groups in total. The Labute approximate surface area is 191 Å². The van der Waals surface area contributed by atoms with Crippen molar-refractivity contribution in [1.82, 2.24) is 9.80 Å². The molecule has 0 saturated carbocycles. The quantitative estimate of drug-likeness (QED) is 0.626. The summed E-state index contributed by atoms with van der Waals surface area (Å²) in [5, 5.41) is 0. The van der Waals surface area contributed by atoms with Crippen molar-refractivity contribution in [3.8, 4) is 23.0 Å². The number of hydrogen-bond donors (Lipinski definition) is 0. The number of carbonyl (C=O) groups excluding carboxylic acids is 1. The molecular weight excluding hydrogens is 453 g/mol. The van der Waals surface area contributed by atoms with Gasteiger partial charge in [-0.15, -0.1) is 0 Å². The van der Waals surface area contributed by atoms with Crippen molar-refractivity contribution >= 4 is 15.7 Å². The lowest BCUT2D eigenvalue weighted by molar-refractivity contribution is -0.137. The minimum absolute atomic E-state index is 0.0118. The summed E-state index contributed by atoms with van der Waals surface area (Å²) in [6, 6.07) is 12.1. The van der Waals surface area contributed by atoms with Gasteiger partial charge in [-0.3, -0.25) is 9.69 Å². The summed E-state index contributed by atoms with van der Waals surface area (Å²) in [4.78, 5) is 16.1. The molecular formula is C24H23F3N2O3S. The number of alkyl halides is 3. The monoisotopic (exact) mass is 476 g/mol. The van der Waals surface area contributed by atoms with Gasteiger partial charge in [0.15, 0.2) is 9.84 Å². The molecule has 1 unspecified atom stereocenters. The highest BCUT2D eigenvalue weighted by atomic mass is 32.2. The Bertz CT molecular complexity index is 1190. The zero-order valence-electron chi connectivity index (χ0n) is 17.8. The van der Waals surface area contributed by atoms with Crippen LogP contribution in [0.25, 0.3) is 11.1 Å². The molecule has 33 heavy (non-hydrogen) atoms. The van der Waals surface area contributed by atoms with Gasteiger partial charge in [-0.2, -0.15) is 13.2 Å². The van der Waals surface area contributed by atoms with Gasteiger partial charge < -0.3 is 4.90 Å². The number of hydrogen-bond acceptors (Lipinski definition) is 4. The predicted octanol–water partition coefficient (Wildman–Crippen LogP) is 3.06. The molecule has 2 aliphatic heterocycles. The lowest BCUT2D eigenvalue weighted by atomic mass is 9.97. The van der Waals surface area contributed by atoms with Crippen LogP contribution in [0, 0.1) is 11.8 Å². The molecule has 2 heterocycles. The number of piperazine rings is 1. The van der Waals surface area contributed by atoms with E-state index in [1.807, 2.05) is 0 Å². The predicted molar refractivity (Wildman–Crippen MR) is 119 cm³/mol. The SMILES string of the molecule is O=C(C#Cc1ccc(-c2ccccc2)c(C(F)(F)F)c1)N1CCN(C2CCS(=O)(=O)C2)CC1. The molecule has 5 nitrogen and oxygen atoms in total. The number of halogens is 3. The fourth-order valence-corrected chi connectivity index (χ4v) is 6.05. The highest BCUT2D eigenvalue weighted by Gasteiger charge is 2.35. The van der Waals surface area contributed by atoms with Crippen LogP contribution < -0.4 is 0 Å². The highest BCUT2D eigenvalue weighted by Crippen LogP contribution is 2.37. The maximum atomic E-state index is 13.7. The normalized spacial score (nSPS) is 20.8. The smallest absolute Gasteiger partial charge is 0.329 e. The molecule has 9 heteroatoms. The van der Waals surface area contributed by atoms with Crippen molar-refractivity contribution in [2.24, 2.45) is 0 Å². The van der Waals surface area contributed by atoms with Gasteiger partial charge in [-0.05, 0) is 29.7 Å². The largest absolute Gasteiger partial charge is 0.417 e. The van der Waals surface area contributed by atoms with E-state index in [0.717, 1.165) is 6.07 Å². The van der Waals surface area contributed by atoms with Crippen LogP contribution >= 0.6 is 0 Å². The number of carbonyl (C=O) groups is 1. The summed E-state index contributed by atoms with van der Waals surface area (Å²) in [6.07, 6.45) is -3.95. The molecule has 0 aromatic heterocycles. The number of amides is 1.